The zero-order valence-corrected chi connectivity index (χ0v) is 12.3. The van der Waals surface area contributed by atoms with Gasteiger partial charge in [0.2, 0.25) is 0 Å². The fourth-order valence-electron chi connectivity index (χ4n) is 2.19. The molecular formula is C17H18O4. The number of methoxy groups -OCH3 is 1. The fraction of sp³-hybridized carbons (Fsp3) is 0.235. The summed E-state index contributed by atoms with van der Waals surface area (Å²) in [5, 5.41) is 9.16. The third-order valence-electron chi connectivity index (χ3n) is 3.10. The molecule has 0 unspecified atom stereocenters. The van der Waals surface area contributed by atoms with Gasteiger partial charge >= 0.3 is 5.97 Å². The molecule has 0 amide bonds. The first-order valence-corrected chi connectivity index (χ1v) is 6.61. The maximum Gasteiger partial charge on any atom is 0.339 e. The van der Waals surface area contributed by atoms with Gasteiger partial charge in [-0.05, 0) is 54.8 Å². The lowest BCUT2D eigenvalue weighted by Gasteiger charge is -2.10. The van der Waals surface area contributed by atoms with Gasteiger partial charge < -0.3 is 14.6 Å². The number of rotatable bonds is 5. The van der Waals surface area contributed by atoms with E-state index in [1.54, 1.807) is 18.2 Å². The summed E-state index contributed by atoms with van der Waals surface area (Å²) in [6.45, 7) is 4.33. The number of hydrogen-bond acceptors (Lipinski definition) is 3. The minimum atomic E-state index is -1.01. The quantitative estimate of drug-likeness (QED) is 0.912. The number of carboxylic acid groups (broad SMARTS) is 1. The lowest BCUT2D eigenvalue weighted by atomic mass is 10.1. The first-order valence-electron chi connectivity index (χ1n) is 6.61. The third-order valence-corrected chi connectivity index (χ3v) is 3.10. The zero-order valence-electron chi connectivity index (χ0n) is 12.3. The van der Waals surface area contributed by atoms with Gasteiger partial charge in [-0.15, -0.1) is 0 Å². The second-order valence-corrected chi connectivity index (χ2v) is 4.95. The molecule has 4 nitrogen and oxygen atoms in total. The average molecular weight is 286 g/mol. The van der Waals surface area contributed by atoms with Crippen LogP contribution in [0.5, 0.6) is 11.5 Å². The molecule has 1 N–H and O–H groups in total. The van der Waals surface area contributed by atoms with Gasteiger partial charge in [0.1, 0.15) is 23.7 Å². The molecule has 0 saturated heterocycles. The van der Waals surface area contributed by atoms with Crippen LogP contribution in [0.15, 0.2) is 36.4 Å². The molecule has 2 aromatic carbocycles. The second-order valence-electron chi connectivity index (χ2n) is 4.95. The van der Waals surface area contributed by atoms with Crippen molar-refractivity contribution in [3.05, 3.63) is 58.7 Å². The Bertz CT molecular complexity index is 642. The summed E-state index contributed by atoms with van der Waals surface area (Å²) in [6, 6.07) is 11.0. The largest absolute Gasteiger partial charge is 0.496 e. The van der Waals surface area contributed by atoms with Gasteiger partial charge in [-0.25, -0.2) is 4.79 Å². The van der Waals surface area contributed by atoms with Crippen molar-refractivity contribution in [2.45, 2.75) is 20.5 Å². The molecule has 0 saturated carbocycles. The van der Waals surface area contributed by atoms with E-state index in [2.05, 4.69) is 6.07 Å². The average Bonchev–Trinajstić information content (AvgIpc) is 2.43. The highest BCUT2D eigenvalue weighted by Gasteiger charge is 2.11. The number of ether oxygens (including phenoxy) is 2. The number of aryl methyl sites for hydroxylation is 2. The Morgan fingerprint density at radius 1 is 1.10 bits per heavy atom. The van der Waals surface area contributed by atoms with Gasteiger partial charge in [-0.3, -0.25) is 0 Å². The van der Waals surface area contributed by atoms with Crippen LogP contribution >= 0.6 is 0 Å². The number of carboxylic acids is 1. The predicted octanol–water partition coefficient (Wildman–Crippen LogP) is 3.59. The van der Waals surface area contributed by atoms with E-state index in [-0.39, 0.29) is 5.56 Å². The van der Waals surface area contributed by atoms with E-state index in [1.807, 2.05) is 26.0 Å². The van der Waals surface area contributed by atoms with Gasteiger partial charge in [0.25, 0.3) is 0 Å². The van der Waals surface area contributed by atoms with Crippen LogP contribution in [0.4, 0.5) is 0 Å². The highest BCUT2D eigenvalue weighted by molar-refractivity contribution is 5.91. The minimum absolute atomic E-state index is 0.138. The van der Waals surface area contributed by atoms with Crippen LogP contribution in [0, 0.1) is 13.8 Å². The molecule has 0 atom stereocenters. The van der Waals surface area contributed by atoms with Crippen LogP contribution in [-0.2, 0) is 6.61 Å². The maximum absolute atomic E-state index is 11.2. The molecule has 110 valence electrons. The Balaban J connectivity index is 2.16. The van der Waals surface area contributed by atoms with Gasteiger partial charge in [0.05, 0.1) is 7.11 Å². The number of benzene rings is 2. The lowest BCUT2D eigenvalue weighted by molar-refractivity contribution is 0.0693. The summed E-state index contributed by atoms with van der Waals surface area (Å²) in [5.41, 5.74) is 3.18. The standard InChI is InChI=1S/C17H18O4/c1-11-6-12(2)8-14(7-11)21-10-13-4-5-16(20-3)15(9-13)17(18)19/h4-9H,10H2,1-3H3,(H,18,19). The zero-order chi connectivity index (χ0) is 15.4. The summed E-state index contributed by atoms with van der Waals surface area (Å²) in [5.74, 6) is 0.109. The van der Waals surface area contributed by atoms with Crippen molar-refractivity contribution in [1.82, 2.24) is 0 Å². The Morgan fingerprint density at radius 2 is 1.76 bits per heavy atom. The van der Waals surface area contributed by atoms with Gasteiger partial charge in [-0.2, -0.15) is 0 Å². The van der Waals surface area contributed by atoms with Gasteiger partial charge in [0.15, 0.2) is 0 Å². The fourth-order valence-corrected chi connectivity index (χ4v) is 2.19. The molecule has 2 rings (SSSR count). The van der Waals surface area contributed by atoms with E-state index in [4.69, 9.17) is 14.6 Å². The Kier molecular flexibility index (Phi) is 4.48. The minimum Gasteiger partial charge on any atom is -0.496 e. The van der Waals surface area contributed by atoms with Crippen molar-refractivity contribution in [2.24, 2.45) is 0 Å². The smallest absolute Gasteiger partial charge is 0.339 e. The van der Waals surface area contributed by atoms with E-state index in [0.29, 0.717) is 12.4 Å². The number of aromatic carboxylic acids is 1. The molecule has 0 heterocycles. The molecule has 0 fully saturated rings. The van der Waals surface area contributed by atoms with E-state index in [1.165, 1.54) is 7.11 Å². The van der Waals surface area contributed by atoms with E-state index in [0.717, 1.165) is 22.4 Å². The van der Waals surface area contributed by atoms with Crippen molar-refractivity contribution >= 4 is 5.97 Å². The molecular weight excluding hydrogens is 268 g/mol. The summed E-state index contributed by atoms with van der Waals surface area (Å²) in [6.07, 6.45) is 0. The highest BCUT2D eigenvalue weighted by atomic mass is 16.5. The molecule has 0 bridgehead atoms. The van der Waals surface area contributed by atoms with Crippen molar-refractivity contribution in [3.63, 3.8) is 0 Å². The molecule has 0 aliphatic carbocycles. The van der Waals surface area contributed by atoms with Gasteiger partial charge in [-0.1, -0.05) is 12.1 Å². The Hall–Kier alpha value is -2.49. The molecule has 0 radical (unpaired) electrons. The monoisotopic (exact) mass is 286 g/mol. The summed E-state index contributed by atoms with van der Waals surface area (Å²) in [4.78, 5) is 11.2. The Labute approximate surface area is 123 Å². The van der Waals surface area contributed by atoms with E-state index < -0.39 is 5.97 Å². The SMILES string of the molecule is COc1ccc(COc2cc(C)cc(C)c2)cc1C(=O)O. The van der Waals surface area contributed by atoms with Crippen molar-refractivity contribution in [1.29, 1.82) is 0 Å². The van der Waals surface area contributed by atoms with E-state index >= 15 is 0 Å². The number of carbonyl (C=O) groups is 1. The van der Waals surface area contributed by atoms with Crippen molar-refractivity contribution in [3.8, 4) is 11.5 Å². The molecule has 0 aliphatic heterocycles. The number of hydrogen-bond donors (Lipinski definition) is 1. The van der Waals surface area contributed by atoms with Crippen LogP contribution < -0.4 is 9.47 Å². The summed E-state index contributed by atoms with van der Waals surface area (Å²) in [7, 11) is 1.45. The maximum atomic E-state index is 11.2. The first kappa shape index (κ1) is 14.9. The summed E-state index contributed by atoms with van der Waals surface area (Å²) >= 11 is 0. The molecule has 0 aromatic heterocycles. The molecule has 4 heteroatoms. The lowest BCUT2D eigenvalue weighted by Crippen LogP contribution is -2.03. The second kappa shape index (κ2) is 6.31. The van der Waals surface area contributed by atoms with Crippen molar-refractivity contribution < 1.29 is 19.4 Å². The van der Waals surface area contributed by atoms with Crippen LogP contribution in [0.1, 0.15) is 27.0 Å². The first-order chi connectivity index (χ1) is 9.99. The van der Waals surface area contributed by atoms with Crippen molar-refractivity contribution in [2.75, 3.05) is 7.11 Å². The van der Waals surface area contributed by atoms with Crippen LogP contribution in [0.2, 0.25) is 0 Å². The van der Waals surface area contributed by atoms with Crippen LogP contribution in [0.25, 0.3) is 0 Å². The Morgan fingerprint density at radius 3 is 2.33 bits per heavy atom. The highest BCUT2D eigenvalue weighted by Crippen LogP contribution is 2.22. The molecule has 21 heavy (non-hydrogen) atoms. The molecule has 0 spiro atoms. The van der Waals surface area contributed by atoms with Crippen LogP contribution in [-0.4, -0.2) is 18.2 Å². The normalized spacial score (nSPS) is 10.2. The van der Waals surface area contributed by atoms with Crippen LogP contribution in [0.3, 0.4) is 0 Å². The van der Waals surface area contributed by atoms with Gasteiger partial charge in [0, 0.05) is 0 Å². The topological polar surface area (TPSA) is 55.8 Å². The predicted molar refractivity (Wildman–Crippen MR) is 80.2 cm³/mol. The molecule has 2 aromatic rings. The van der Waals surface area contributed by atoms with E-state index in [9.17, 15) is 4.79 Å². The summed E-state index contributed by atoms with van der Waals surface area (Å²) < 4.78 is 10.8. The molecule has 0 aliphatic rings. The third kappa shape index (κ3) is 3.75.